The molecule has 0 aromatic heterocycles. The van der Waals surface area contributed by atoms with Crippen molar-refractivity contribution < 1.29 is 18.9 Å². The molecule has 0 aromatic rings. The first-order valence-electron chi connectivity index (χ1n) is 6.41. The smallest absolute Gasteiger partial charge is 0.780 e. The molecule has 4 nitrogen and oxygen atoms in total. The van der Waals surface area contributed by atoms with Gasteiger partial charge in [0, 0.05) is 0 Å². The standard InChI is InChI=1S/C12H25O4P.Ca/c1-2-3-4-5-6-7-8-9-10-11-12-16-17(13,14)15;/h11-12H,2-10H2,1H3,(H2,13,14,15);/q;+2/p-2. The van der Waals surface area contributed by atoms with Crippen LogP contribution in [0.5, 0.6) is 0 Å². The van der Waals surface area contributed by atoms with E-state index in [0.29, 0.717) is 0 Å². The summed E-state index contributed by atoms with van der Waals surface area (Å²) in [5.41, 5.74) is 0. The second-order valence-corrected chi connectivity index (χ2v) is 5.29. The van der Waals surface area contributed by atoms with Gasteiger partial charge < -0.3 is 18.9 Å². The Hall–Kier alpha value is 0.950. The summed E-state index contributed by atoms with van der Waals surface area (Å²) in [6, 6.07) is 0. The van der Waals surface area contributed by atoms with Crippen LogP contribution >= 0.6 is 7.82 Å². The first kappa shape index (κ1) is 21.3. The van der Waals surface area contributed by atoms with E-state index in [4.69, 9.17) is 0 Å². The van der Waals surface area contributed by atoms with Gasteiger partial charge in [-0.05, 0) is 18.9 Å². The largest absolute Gasteiger partial charge is 2.00 e. The van der Waals surface area contributed by atoms with E-state index in [1.54, 1.807) is 6.08 Å². The molecule has 0 unspecified atom stereocenters. The average molecular weight is 302 g/mol. The van der Waals surface area contributed by atoms with Crippen LogP contribution in [0.4, 0.5) is 0 Å². The zero-order valence-corrected chi connectivity index (χ0v) is 14.4. The molecule has 0 aliphatic heterocycles. The van der Waals surface area contributed by atoms with E-state index in [1.807, 2.05) is 0 Å². The summed E-state index contributed by atoms with van der Waals surface area (Å²) in [4.78, 5) is 20.2. The number of unbranched alkanes of at least 4 members (excludes halogenated alkanes) is 8. The molecule has 0 fully saturated rings. The van der Waals surface area contributed by atoms with Gasteiger partial charge in [0.05, 0.1) is 6.26 Å². The number of allylic oxidation sites excluding steroid dienone is 1. The van der Waals surface area contributed by atoms with Crippen LogP contribution in [0.2, 0.25) is 0 Å². The van der Waals surface area contributed by atoms with Crippen molar-refractivity contribution in [3.63, 3.8) is 0 Å². The molecule has 0 aromatic carbocycles. The molecule has 0 bridgehead atoms. The van der Waals surface area contributed by atoms with Crippen molar-refractivity contribution in [3.05, 3.63) is 12.3 Å². The Balaban J connectivity index is 0. The van der Waals surface area contributed by atoms with E-state index in [-0.39, 0.29) is 37.7 Å². The summed E-state index contributed by atoms with van der Waals surface area (Å²) in [6.07, 6.45) is 13.2. The Kier molecular flexibility index (Phi) is 17.0. The molecule has 0 radical (unpaired) electrons. The van der Waals surface area contributed by atoms with Gasteiger partial charge in [0.2, 0.25) is 0 Å². The van der Waals surface area contributed by atoms with Crippen molar-refractivity contribution >= 4 is 45.6 Å². The van der Waals surface area contributed by atoms with Crippen LogP contribution < -0.4 is 9.79 Å². The van der Waals surface area contributed by atoms with Gasteiger partial charge in [0.25, 0.3) is 0 Å². The maximum absolute atomic E-state index is 10.1. The Morgan fingerprint density at radius 2 is 1.50 bits per heavy atom. The molecule has 0 rings (SSSR count). The first-order chi connectivity index (χ1) is 8.06. The normalized spacial score (nSPS) is 11.5. The molecule has 0 spiro atoms. The molecule has 102 valence electrons. The zero-order valence-electron chi connectivity index (χ0n) is 11.3. The van der Waals surface area contributed by atoms with E-state index < -0.39 is 7.82 Å². The van der Waals surface area contributed by atoms with E-state index in [2.05, 4.69) is 11.4 Å². The SMILES string of the molecule is CCCCCCCCCCC=COP(=O)([O-])[O-].[Ca+2]. The monoisotopic (exact) mass is 302 g/mol. The third-order valence-corrected chi connectivity index (χ3v) is 2.89. The predicted molar refractivity (Wildman–Crippen MR) is 70.8 cm³/mol. The third kappa shape index (κ3) is 19.3. The molecule has 0 heterocycles. The summed E-state index contributed by atoms with van der Waals surface area (Å²) < 4.78 is 14.1. The molecule has 0 amide bonds. The van der Waals surface area contributed by atoms with Crippen molar-refractivity contribution in [3.8, 4) is 0 Å². The van der Waals surface area contributed by atoms with Gasteiger partial charge in [-0.3, -0.25) is 0 Å². The molecule has 0 aliphatic rings. The summed E-state index contributed by atoms with van der Waals surface area (Å²) in [7, 11) is -4.83. The van der Waals surface area contributed by atoms with Gasteiger partial charge in [0.1, 0.15) is 7.82 Å². The number of phosphoric ester groups is 1. The number of hydrogen-bond donors (Lipinski definition) is 0. The first-order valence-corrected chi connectivity index (χ1v) is 7.88. The Bertz CT molecular complexity index is 240. The fourth-order valence-electron chi connectivity index (χ4n) is 1.58. The van der Waals surface area contributed by atoms with Gasteiger partial charge in [-0.15, -0.1) is 0 Å². The average Bonchev–Trinajstić information content (AvgIpc) is 2.24. The number of rotatable bonds is 11. The maximum atomic E-state index is 10.1. The van der Waals surface area contributed by atoms with Gasteiger partial charge in [0.15, 0.2) is 0 Å². The van der Waals surface area contributed by atoms with Crippen LogP contribution in [0.3, 0.4) is 0 Å². The van der Waals surface area contributed by atoms with Gasteiger partial charge in [-0.2, -0.15) is 0 Å². The summed E-state index contributed by atoms with van der Waals surface area (Å²) in [5, 5.41) is 0. The molecule has 18 heavy (non-hydrogen) atoms. The van der Waals surface area contributed by atoms with Crippen LogP contribution in [-0.2, 0) is 9.09 Å². The third-order valence-electron chi connectivity index (χ3n) is 2.51. The summed E-state index contributed by atoms with van der Waals surface area (Å²) in [5.74, 6) is 0. The fourth-order valence-corrected chi connectivity index (χ4v) is 1.82. The molecule has 0 N–H and O–H groups in total. The quantitative estimate of drug-likeness (QED) is 0.254. The van der Waals surface area contributed by atoms with Crippen LogP contribution in [0.15, 0.2) is 12.3 Å². The number of phosphoric acid groups is 1. The predicted octanol–water partition coefficient (Wildman–Crippen LogP) is 2.50. The van der Waals surface area contributed by atoms with E-state index in [1.165, 1.54) is 38.5 Å². The molecule has 0 aliphatic carbocycles. The molecule has 0 saturated carbocycles. The van der Waals surface area contributed by atoms with E-state index in [9.17, 15) is 14.4 Å². The second-order valence-electron chi connectivity index (χ2n) is 4.19. The second kappa shape index (κ2) is 14.4. The molecule has 0 saturated heterocycles. The van der Waals surface area contributed by atoms with Crippen LogP contribution in [-0.4, -0.2) is 37.7 Å². The van der Waals surface area contributed by atoms with Crippen LogP contribution in [0.25, 0.3) is 0 Å². The van der Waals surface area contributed by atoms with Crippen LogP contribution in [0.1, 0.15) is 64.7 Å². The van der Waals surface area contributed by atoms with Crippen molar-refractivity contribution in [1.82, 2.24) is 0 Å². The Morgan fingerprint density at radius 1 is 1.00 bits per heavy atom. The fraction of sp³-hybridized carbons (Fsp3) is 0.833. The minimum atomic E-state index is -4.83. The molecule has 0 atom stereocenters. The Labute approximate surface area is 140 Å². The van der Waals surface area contributed by atoms with Crippen molar-refractivity contribution in [2.45, 2.75) is 64.7 Å². The van der Waals surface area contributed by atoms with Crippen molar-refractivity contribution in [2.75, 3.05) is 0 Å². The van der Waals surface area contributed by atoms with Gasteiger partial charge in [-0.1, -0.05) is 51.9 Å². The zero-order chi connectivity index (χ0) is 13.0. The summed E-state index contributed by atoms with van der Waals surface area (Å²) >= 11 is 0. The van der Waals surface area contributed by atoms with E-state index in [0.717, 1.165) is 25.5 Å². The van der Waals surface area contributed by atoms with Gasteiger partial charge >= 0.3 is 37.7 Å². The Morgan fingerprint density at radius 3 is 2.00 bits per heavy atom. The minimum absolute atomic E-state index is 0. The van der Waals surface area contributed by atoms with Crippen LogP contribution in [0, 0.1) is 0 Å². The maximum Gasteiger partial charge on any atom is 2.00 e. The van der Waals surface area contributed by atoms with Gasteiger partial charge in [-0.25, -0.2) is 0 Å². The minimum Gasteiger partial charge on any atom is -0.780 e. The molecular formula is C12H23CaO4P. The van der Waals surface area contributed by atoms with E-state index >= 15 is 0 Å². The van der Waals surface area contributed by atoms with Crippen molar-refractivity contribution in [2.24, 2.45) is 0 Å². The summed E-state index contributed by atoms with van der Waals surface area (Å²) in [6.45, 7) is 2.21. The number of hydrogen-bond acceptors (Lipinski definition) is 4. The topological polar surface area (TPSA) is 72.4 Å². The van der Waals surface area contributed by atoms with Crippen molar-refractivity contribution in [1.29, 1.82) is 0 Å². The molecular weight excluding hydrogens is 279 g/mol. The molecule has 6 heteroatoms.